The second-order valence-electron chi connectivity index (χ2n) is 7.12. The second-order valence-corrected chi connectivity index (χ2v) is 7.12. The van der Waals surface area contributed by atoms with Crippen molar-refractivity contribution in [2.24, 2.45) is 0 Å². The van der Waals surface area contributed by atoms with Crippen LogP contribution in [0.1, 0.15) is 61.0 Å². The summed E-state index contributed by atoms with van der Waals surface area (Å²) in [6, 6.07) is 51.8. The molecule has 0 aromatic heterocycles. The SMILES string of the molecule is CC.CC.CC.CC.Cc1ccccc1.c1ccc(-c2ccccc2)cc1.c1ccc(-c2ccccc2)cc1. The van der Waals surface area contributed by atoms with Gasteiger partial charge in [-0.25, -0.2) is 0 Å². The molecule has 39 heavy (non-hydrogen) atoms. The van der Waals surface area contributed by atoms with E-state index in [1.807, 2.05) is 97.9 Å². The van der Waals surface area contributed by atoms with Gasteiger partial charge in [-0.2, -0.15) is 0 Å². The minimum absolute atomic E-state index is 1.28. The van der Waals surface area contributed by atoms with Crippen LogP contribution in [0.2, 0.25) is 0 Å². The van der Waals surface area contributed by atoms with Crippen LogP contribution in [0.4, 0.5) is 0 Å². The Kier molecular flexibility index (Phi) is 27.4. The van der Waals surface area contributed by atoms with Crippen molar-refractivity contribution in [2.45, 2.75) is 62.3 Å². The molecule has 0 amide bonds. The van der Waals surface area contributed by atoms with E-state index in [0.717, 1.165) is 0 Å². The average molecular weight is 521 g/mol. The first kappa shape index (κ1) is 37.3. The third kappa shape index (κ3) is 18.1. The number of hydrogen-bond donors (Lipinski definition) is 0. The van der Waals surface area contributed by atoms with Crippen LogP contribution >= 0.6 is 0 Å². The summed E-state index contributed by atoms with van der Waals surface area (Å²) in [5, 5.41) is 0. The second kappa shape index (κ2) is 28.7. The van der Waals surface area contributed by atoms with Crippen molar-refractivity contribution in [3.05, 3.63) is 157 Å². The van der Waals surface area contributed by atoms with Gasteiger partial charge in [0.2, 0.25) is 0 Å². The Morgan fingerprint density at radius 3 is 0.513 bits per heavy atom. The quantitative estimate of drug-likeness (QED) is 0.217. The standard InChI is InChI=1S/2C12H10.C7H8.4C2H6/c2*1-3-7-11(8-4-1)12-9-5-2-6-10-12;1-7-5-3-2-4-6-7;4*1-2/h2*1-10H;2-6H,1H3;4*1-2H3. The predicted molar refractivity (Wildman–Crippen MR) is 180 cm³/mol. The molecule has 5 aromatic rings. The van der Waals surface area contributed by atoms with Gasteiger partial charge >= 0.3 is 0 Å². The van der Waals surface area contributed by atoms with Crippen LogP contribution in [-0.4, -0.2) is 0 Å². The van der Waals surface area contributed by atoms with E-state index >= 15 is 0 Å². The highest BCUT2D eigenvalue weighted by molar-refractivity contribution is 5.63. The molecule has 0 unspecified atom stereocenters. The lowest BCUT2D eigenvalue weighted by atomic mass is 10.1. The average Bonchev–Trinajstić information content (AvgIpc) is 3.07. The van der Waals surface area contributed by atoms with Crippen molar-refractivity contribution >= 4 is 0 Å². The van der Waals surface area contributed by atoms with Crippen molar-refractivity contribution in [2.75, 3.05) is 0 Å². The van der Waals surface area contributed by atoms with E-state index in [-0.39, 0.29) is 0 Å². The molecule has 0 spiro atoms. The first-order valence-corrected chi connectivity index (χ1v) is 14.6. The summed E-state index contributed by atoms with van der Waals surface area (Å²) in [7, 11) is 0. The molecule has 0 heterocycles. The fraction of sp³-hybridized carbons (Fsp3) is 0.231. The molecule has 0 nitrogen and oxygen atoms in total. The summed E-state index contributed by atoms with van der Waals surface area (Å²) in [6.45, 7) is 18.1. The molecule has 0 atom stereocenters. The molecule has 208 valence electrons. The lowest BCUT2D eigenvalue weighted by Crippen LogP contribution is -1.73. The smallest absolute Gasteiger partial charge is 0.0184 e. The lowest BCUT2D eigenvalue weighted by Gasteiger charge is -1.98. The third-order valence-corrected chi connectivity index (χ3v) is 4.70. The number of aryl methyl sites for hydroxylation is 1. The summed E-state index contributed by atoms with van der Waals surface area (Å²) in [5.41, 5.74) is 6.43. The van der Waals surface area contributed by atoms with Gasteiger partial charge in [0.15, 0.2) is 0 Å². The highest BCUT2D eigenvalue weighted by Gasteiger charge is 1.92. The molecule has 0 aliphatic heterocycles. The van der Waals surface area contributed by atoms with Gasteiger partial charge in [0.05, 0.1) is 0 Å². The van der Waals surface area contributed by atoms with E-state index in [1.54, 1.807) is 0 Å². The van der Waals surface area contributed by atoms with E-state index in [1.165, 1.54) is 27.8 Å². The highest BCUT2D eigenvalue weighted by atomic mass is 14.0. The molecule has 0 aliphatic carbocycles. The molecule has 5 aromatic carbocycles. The van der Waals surface area contributed by atoms with Gasteiger partial charge in [-0.05, 0) is 29.2 Å². The van der Waals surface area contributed by atoms with Crippen molar-refractivity contribution in [1.82, 2.24) is 0 Å². The van der Waals surface area contributed by atoms with E-state index in [2.05, 4.69) is 116 Å². The van der Waals surface area contributed by atoms with Gasteiger partial charge in [-0.15, -0.1) is 0 Å². The van der Waals surface area contributed by atoms with Gasteiger partial charge in [0.1, 0.15) is 0 Å². The molecule has 0 aliphatic rings. The highest BCUT2D eigenvalue weighted by Crippen LogP contribution is 2.18. The number of benzene rings is 5. The van der Waals surface area contributed by atoms with Crippen molar-refractivity contribution < 1.29 is 0 Å². The Balaban J connectivity index is 0. The molecule has 0 saturated carbocycles. The largest absolute Gasteiger partial charge is 0.0683 e. The maximum Gasteiger partial charge on any atom is -0.0184 e. The monoisotopic (exact) mass is 520 g/mol. The number of hydrogen-bond acceptors (Lipinski definition) is 0. The zero-order valence-corrected chi connectivity index (χ0v) is 25.9. The normalized spacial score (nSPS) is 8.13. The molecule has 0 heteroatoms. The molecule has 0 fully saturated rings. The van der Waals surface area contributed by atoms with E-state index < -0.39 is 0 Å². The van der Waals surface area contributed by atoms with Crippen molar-refractivity contribution in [3.8, 4) is 22.3 Å². The Bertz CT molecular complexity index is 935. The predicted octanol–water partition coefficient (Wildman–Crippen LogP) is 12.8. The van der Waals surface area contributed by atoms with Crippen LogP contribution in [-0.2, 0) is 0 Å². The van der Waals surface area contributed by atoms with Crippen LogP contribution in [0.25, 0.3) is 22.3 Å². The van der Waals surface area contributed by atoms with Crippen molar-refractivity contribution in [1.29, 1.82) is 0 Å². The maximum absolute atomic E-state index is 2.12. The van der Waals surface area contributed by atoms with Crippen LogP contribution in [0, 0.1) is 6.92 Å². The maximum atomic E-state index is 2.12. The topological polar surface area (TPSA) is 0 Å². The van der Waals surface area contributed by atoms with E-state index in [0.29, 0.717) is 0 Å². The van der Waals surface area contributed by atoms with Crippen LogP contribution in [0.3, 0.4) is 0 Å². The Hall–Kier alpha value is -3.90. The van der Waals surface area contributed by atoms with Gasteiger partial charge in [0, 0.05) is 0 Å². The molecule has 5 rings (SSSR count). The Labute approximate surface area is 241 Å². The van der Waals surface area contributed by atoms with Gasteiger partial charge in [0.25, 0.3) is 0 Å². The molecule has 0 N–H and O–H groups in total. The first-order valence-electron chi connectivity index (χ1n) is 14.6. The zero-order valence-electron chi connectivity index (χ0n) is 25.9. The first-order chi connectivity index (χ1) is 19.3. The molecular formula is C39H52. The fourth-order valence-corrected chi connectivity index (χ4v) is 3.06. The van der Waals surface area contributed by atoms with Crippen LogP contribution < -0.4 is 0 Å². The summed E-state index contributed by atoms with van der Waals surface area (Å²) in [6.07, 6.45) is 0. The summed E-state index contributed by atoms with van der Waals surface area (Å²) in [5.74, 6) is 0. The fourth-order valence-electron chi connectivity index (χ4n) is 3.06. The van der Waals surface area contributed by atoms with Crippen LogP contribution in [0.15, 0.2) is 152 Å². The molecular weight excluding hydrogens is 468 g/mol. The lowest BCUT2D eigenvalue weighted by molar-refractivity contribution is 1.48. The Morgan fingerprint density at radius 1 is 0.231 bits per heavy atom. The third-order valence-electron chi connectivity index (χ3n) is 4.70. The summed E-state index contributed by atoms with van der Waals surface area (Å²) in [4.78, 5) is 0. The zero-order chi connectivity index (χ0) is 29.6. The van der Waals surface area contributed by atoms with Crippen LogP contribution in [0.5, 0.6) is 0 Å². The number of rotatable bonds is 2. The molecule has 0 bridgehead atoms. The minimum Gasteiger partial charge on any atom is -0.0683 e. The van der Waals surface area contributed by atoms with Crippen molar-refractivity contribution in [3.63, 3.8) is 0 Å². The molecule has 0 saturated heterocycles. The van der Waals surface area contributed by atoms with Gasteiger partial charge in [-0.3, -0.25) is 0 Å². The van der Waals surface area contributed by atoms with E-state index in [9.17, 15) is 0 Å². The summed E-state index contributed by atoms with van der Waals surface area (Å²) >= 11 is 0. The van der Waals surface area contributed by atoms with E-state index in [4.69, 9.17) is 0 Å². The summed E-state index contributed by atoms with van der Waals surface area (Å²) < 4.78 is 0. The minimum atomic E-state index is 1.28. The molecule has 0 radical (unpaired) electrons. The Morgan fingerprint density at radius 2 is 0.385 bits per heavy atom. The van der Waals surface area contributed by atoms with Gasteiger partial charge in [-0.1, -0.05) is 213 Å². The van der Waals surface area contributed by atoms with Gasteiger partial charge < -0.3 is 0 Å².